The van der Waals surface area contributed by atoms with Crippen molar-refractivity contribution < 1.29 is 0 Å². The molecular formula is C33H29N. The number of hydrogen-bond acceptors (Lipinski definition) is 1. The summed E-state index contributed by atoms with van der Waals surface area (Å²) >= 11 is 0. The van der Waals surface area contributed by atoms with Crippen LogP contribution in [0.15, 0.2) is 110 Å². The lowest BCUT2D eigenvalue weighted by atomic mass is 9.77. The second-order valence-corrected chi connectivity index (χ2v) is 9.41. The van der Waals surface area contributed by atoms with E-state index in [4.69, 9.17) is 0 Å². The van der Waals surface area contributed by atoms with Gasteiger partial charge in [-0.15, -0.1) is 0 Å². The molecule has 0 amide bonds. The van der Waals surface area contributed by atoms with Gasteiger partial charge in [-0.25, -0.2) is 0 Å². The molecule has 0 spiro atoms. The van der Waals surface area contributed by atoms with E-state index in [9.17, 15) is 0 Å². The van der Waals surface area contributed by atoms with Gasteiger partial charge in [-0.05, 0) is 64.3 Å². The van der Waals surface area contributed by atoms with Crippen molar-refractivity contribution >= 4 is 23.4 Å². The molecule has 34 heavy (non-hydrogen) atoms. The molecule has 3 aromatic rings. The molecule has 0 N–H and O–H groups in total. The second kappa shape index (κ2) is 8.83. The Morgan fingerprint density at radius 3 is 2.53 bits per heavy atom. The van der Waals surface area contributed by atoms with Crippen molar-refractivity contribution in [3.8, 4) is 0 Å². The Labute approximate surface area is 202 Å². The number of fused-ring (bicyclic) bond motifs is 4. The van der Waals surface area contributed by atoms with E-state index in [0.717, 1.165) is 25.0 Å². The van der Waals surface area contributed by atoms with Gasteiger partial charge in [0.15, 0.2) is 0 Å². The quantitative estimate of drug-likeness (QED) is 0.397. The summed E-state index contributed by atoms with van der Waals surface area (Å²) < 4.78 is 0. The van der Waals surface area contributed by atoms with E-state index in [1.54, 1.807) is 0 Å². The van der Waals surface area contributed by atoms with Crippen LogP contribution >= 0.6 is 0 Å². The summed E-state index contributed by atoms with van der Waals surface area (Å²) in [6.07, 6.45) is 20.2. The van der Waals surface area contributed by atoms with Crippen molar-refractivity contribution in [3.63, 3.8) is 0 Å². The Kier molecular flexibility index (Phi) is 5.39. The summed E-state index contributed by atoms with van der Waals surface area (Å²) in [7, 11) is 0. The zero-order valence-corrected chi connectivity index (χ0v) is 19.4. The Morgan fingerprint density at radius 1 is 0.824 bits per heavy atom. The highest BCUT2D eigenvalue weighted by Crippen LogP contribution is 2.43. The van der Waals surface area contributed by atoms with Crippen molar-refractivity contribution in [2.24, 2.45) is 5.92 Å². The van der Waals surface area contributed by atoms with Gasteiger partial charge in [-0.3, -0.25) is 0 Å². The molecule has 0 radical (unpaired) electrons. The maximum atomic E-state index is 4.67. The van der Waals surface area contributed by atoms with Crippen LogP contribution in [0.25, 0.3) is 17.7 Å². The van der Waals surface area contributed by atoms with Crippen molar-refractivity contribution in [1.82, 2.24) is 0 Å². The maximum Gasteiger partial charge on any atom is 0.0485 e. The normalized spacial score (nSPS) is 21.3. The average molecular weight is 440 g/mol. The molecule has 2 aliphatic carbocycles. The lowest BCUT2D eigenvalue weighted by Crippen LogP contribution is -2.25. The minimum Gasteiger partial charge on any atom is -0.347 e. The average Bonchev–Trinajstić information content (AvgIpc) is 2.90. The highest BCUT2D eigenvalue weighted by Gasteiger charge is 2.26. The summed E-state index contributed by atoms with van der Waals surface area (Å²) in [6, 6.07) is 24.2. The summed E-state index contributed by atoms with van der Waals surface area (Å²) in [4.78, 5) is 2.40. The van der Waals surface area contributed by atoms with E-state index in [1.807, 2.05) is 0 Å². The van der Waals surface area contributed by atoms with Crippen LogP contribution in [-0.2, 0) is 0 Å². The van der Waals surface area contributed by atoms with Crippen LogP contribution in [0.3, 0.4) is 0 Å². The number of para-hydroxylation sites is 1. The SMILES string of the molecule is C=C1c2ccccc2N(CC2C=CC=CC2)/C=C\c2ccc3c(c21)C=CCC3c1ccccc1. The lowest BCUT2D eigenvalue weighted by molar-refractivity contribution is 0.655. The summed E-state index contributed by atoms with van der Waals surface area (Å²) in [5.41, 5.74) is 10.1. The van der Waals surface area contributed by atoms with Crippen LogP contribution in [0.5, 0.6) is 0 Å². The Morgan fingerprint density at radius 2 is 1.68 bits per heavy atom. The highest BCUT2D eigenvalue weighted by atomic mass is 15.1. The molecule has 1 aliphatic heterocycles. The first-order chi connectivity index (χ1) is 16.8. The van der Waals surface area contributed by atoms with Gasteiger partial charge in [0.1, 0.15) is 0 Å². The third-order valence-electron chi connectivity index (χ3n) is 7.32. The number of nitrogens with zero attached hydrogens (tertiary/aromatic N) is 1. The fourth-order valence-corrected chi connectivity index (χ4v) is 5.61. The van der Waals surface area contributed by atoms with Crippen LogP contribution in [-0.4, -0.2) is 6.54 Å². The molecular weight excluding hydrogens is 410 g/mol. The molecule has 0 bridgehead atoms. The minimum absolute atomic E-state index is 0.381. The molecule has 1 heterocycles. The largest absolute Gasteiger partial charge is 0.347 e. The first-order valence-corrected chi connectivity index (χ1v) is 12.2. The molecule has 2 atom stereocenters. The number of rotatable bonds is 3. The number of benzene rings is 3. The molecule has 2 unspecified atom stereocenters. The highest BCUT2D eigenvalue weighted by molar-refractivity contribution is 5.94. The monoisotopic (exact) mass is 439 g/mol. The fourth-order valence-electron chi connectivity index (χ4n) is 5.61. The number of anilines is 1. The third-order valence-corrected chi connectivity index (χ3v) is 7.32. The minimum atomic E-state index is 0.381. The van der Waals surface area contributed by atoms with E-state index >= 15 is 0 Å². The van der Waals surface area contributed by atoms with E-state index in [0.29, 0.717) is 11.8 Å². The van der Waals surface area contributed by atoms with E-state index in [2.05, 4.69) is 127 Å². The van der Waals surface area contributed by atoms with Crippen LogP contribution in [0.2, 0.25) is 0 Å². The molecule has 166 valence electrons. The van der Waals surface area contributed by atoms with Crippen LogP contribution < -0.4 is 4.90 Å². The van der Waals surface area contributed by atoms with E-state index in [-0.39, 0.29) is 0 Å². The zero-order chi connectivity index (χ0) is 22.9. The lowest BCUT2D eigenvalue weighted by Gasteiger charge is -2.31. The first-order valence-electron chi connectivity index (χ1n) is 12.2. The van der Waals surface area contributed by atoms with E-state index in [1.165, 1.54) is 39.1 Å². The Balaban J connectivity index is 1.47. The summed E-state index contributed by atoms with van der Waals surface area (Å²) in [6.45, 7) is 5.62. The van der Waals surface area contributed by atoms with Crippen LogP contribution in [0, 0.1) is 5.92 Å². The molecule has 0 aromatic heterocycles. The third kappa shape index (κ3) is 3.68. The summed E-state index contributed by atoms with van der Waals surface area (Å²) in [5, 5.41) is 0. The molecule has 1 heteroatoms. The van der Waals surface area contributed by atoms with E-state index < -0.39 is 0 Å². The Bertz CT molecular complexity index is 1350. The van der Waals surface area contributed by atoms with Gasteiger partial charge in [-0.1, -0.05) is 104 Å². The van der Waals surface area contributed by atoms with Gasteiger partial charge in [-0.2, -0.15) is 0 Å². The smallest absolute Gasteiger partial charge is 0.0485 e. The van der Waals surface area contributed by atoms with Gasteiger partial charge in [0.05, 0.1) is 0 Å². The van der Waals surface area contributed by atoms with Crippen LogP contribution in [0.1, 0.15) is 52.1 Å². The molecule has 3 aliphatic rings. The van der Waals surface area contributed by atoms with Gasteiger partial charge < -0.3 is 4.90 Å². The number of hydrogen-bond donors (Lipinski definition) is 0. The molecule has 1 nitrogen and oxygen atoms in total. The first kappa shape index (κ1) is 20.7. The van der Waals surface area contributed by atoms with Crippen molar-refractivity contribution in [1.29, 1.82) is 0 Å². The predicted octanol–water partition coefficient (Wildman–Crippen LogP) is 8.22. The molecule has 0 saturated carbocycles. The van der Waals surface area contributed by atoms with Gasteiger partial charge in [0.2, 0.25) is 0 Å². The van der Waals surface area contributed by atoms with Gasteiger partial charge in [0, 0.05) is 29.9 Å². The van der Waals surface area contributed by atoms with Crippen molar-refractivity contribution in [2.75, 3.05) is 11.4 Å². The predicted molar refractivity (Wildman–Crippen MR) is 146 cm³/mol. The van der Waals surface area contributed by atoms with Crippen molar-refractivity contribution in [3.05, 3.63) is 143 Å². The van der Waals surface area contributed by atoms with Gasteiger partial charge >= 0.3 is 0 Å². The summed E-state index contributed by atoms with van der Waals surface area (Å²) in [5.74, 6) is 0.888. The van der Waals surface area contributed by atoms with Gasteiger partial charge in [0.25, 0.3) is 0 Å². The standard InChI is InChI=1S/C33H29N/c1-24-28-15-8-9-18-32(28)34(23-25-11-4-2-5-12-25)22-21-27-19-20-30-29(26-13-6-3-7-14-26)16-10-17-31(30)33(24)27/h2-11,13-15,17-22,25,29H,1,12,16,23H2/b22-21-. The number of allylic oxidation sites excluding steroid dienone is 4. The zero-order valence-electron chi connectivity index (χ0n) is 19.4. The Hall–Kier alpha value is -3.84. The molecule has 0 saturated heterocycles. The maximum absolute atomic E-state index is 4.67. The molecule has 0 fully saturated rings. The molecule has 6 rings (SSSR count). The van der Waals surface area contributed by atoms with Crippen molar-refractivity contribution in [2.45, 2.75) is 18.8 Å². The topological polar surface area (TPSA) is 3.24 Å². The fraction of sp³-hybridized carbons (Fsp3) is 0.152. The molecule has 3 aromatic carbocycles. The van der Waals surface area contributed by atoms with Crippen LogP contribution in [0.4, 0.5) is 5.69 Å². The second-order valence-electron chi connectivity index (χ2n) is 9.41.